The van der Waals surface area contributed by atoms with Gasteiger partial charge in [0, 0.05) is 6.42 Å². The van der Waals surface area contributed by atoms with Gasteiger partial charge in [-0.3, -0.25) is 4.79 Å². The van der Waals surface area contributed by atoms with Gasteiger partial charge in [0.05, 0.1) is 0 Å². The molecule has 0 aliphatic carbocycles. The van der Waals surface area contributed by atoms with Gasteiger partial charge in [0.2, 0.25) is 0 Å². The molecule has 1 aliphatic heterocycles. The molecule has 1 heterocycles. The molecule has 1 rings (SSSR count). The lowest BCUT2D eigenvalue weighted by Gasteiger charge is -2.01. The molecule has 0 spiro atoms. The average molecular weight is 196 g/mol. The van der Waals surface area contributed by atoms with Crippen molar-refractivity contribution < 1.29 is 9.53 Å². The van der Waals surface area contributed by atoms with Gasteiger partial charge in [-0.1, -0.05) is 32.3 Å². The van der Waals surface area contributed by atoms with E-state index in [0.29, 0.717) is 6.42 Å². The molecule has 0 N–H and O–H groups in total. The first-order chi connectivity index (χ1) is 6.83. The predicted molar refractivity (Wildman–Crippen MR) is 57.0 cm³/mol. The van der Waals surface area contributed by atoms with Gasteiger partial charge < -0.3 is 4.74 Å². The number of cyclic esters (lactones) is 1. The summed E-state index contributed by atoms with van der Waals surface area (Å²) in [5.74, 6) is -0.0503. The van der Waals surface area contributed by atoms with Gasteiger partial charge in [0.25, 0.3) is 0 Å². The largest absolute Gasteiger partial charge is 0.458 e. The molecule has 1 atom stereocenters. The third-order valence-electron chi connectivity index (χ3n) is 2.49. The molecule has 0 amide bonds. The van der Waals surface area contributed by atoms with E-state index in [0.717, 1.165) is 12.8 Å². The van der Waals surface area contributed by atoms with E-state index in [2.05, 4.69) is 13.0 Å². The van der Waals surface area contributed by atoms with E-state index < -0.39 is 0 Å². The van der Waals surface area contributed by atoms with Gasteiger partial charge in [-0.15, -0.1) is 0 Å². The zero-order valence-electron chi connectivity index (χ0n) is 9.00. The first-order valence-corrected chi connectivity index (χ1v) is 5.69. The quantitative estimate of drug-likeness (QED) is 0.370. The lowest BCUT2D eigenvalue weighted by Crippen LogP contribution is -2.01. The van der Waals surface area contributed by atoms with Crippen LogP contribution < -0.4 is 0 Å². The van der Waals surface area contributed by atoms with Crippen molar-refractivity contribution in [2.45, 2.75) is 58.0 Å². The fourth-order valence-corrected chi connectivity index (χ4v) is 1.62. The normalized spacial score (nSPS) is 21.8. The van der Waals surface area contributed by atoms with Gasteiger partial charge in [-0.25, -0.2) is 0 Å². The van der Waals surface area contributed by atoms with Gasteiger partial charge in [0.15, 0.2) is 0 Å². The van der Waals surface area contributed by atoms with E-state index in [9.17, 15) is 4.79 Å². The van der Waals surface area contributed by atoms with Crippen LogP contribution >= 0.6 is 0 Å². The highest BCUT2D eigenvalue weighted by molar-refractivity contribution is 5.71. The Bertz CT molecular complexity index is 196. The molecule has 0 aromatic rings. The zero-order valence-corrected chi connectivity index (χ0v) is 9.00. The molecule has 2 heteroatoms. The summed E-state index contributed by atoms with van der Waals surface area (Å²) < 4.78 is 5.06. The number of unbranched alkanes of at least 4 members (excludes halogenated alkanes) is 4. The fourth-order valence-electron chi connectivity index (χ4n) is 1.62. The first-order valence-electron chi connectivity index (χ1n) is 5.69. The Balaban J connectivity index is 2.00. The van der Waals surface area contributed by atoms with Crippen LogP contribution in [-0.2, 0) is 9.53 Å². The predicted octanol–water partition coefficient (Wildman–Crippen LogP) is 3.22. The zero-order chi connectivity index (χ0) is 10.2. The van der Waals surface area contributed by atoms with Crippen LogP contribution in [0.5, 0.6) is 0 Å². The molecule has 2 nitrogen and oxygen atoms in total. The molecule has 0 aromatic heterocycles. The van der Waals surface area contributed by atoms with Crippen molar-refractivity contribution in [2.24, 2.45) is 0 Å². The second kappa shape index (κ2) is 6.63. The lowest BCUT2D eigenvalue weighted by atomic mass is 10.1. The molecular formula is C12H20O2. The number of hydrogen-bond donors (Lipinski definition) is 0. The maximum atomic E-state index is 10.8. The second-order valence-electron chi connectivity index (χ2n) is 3.84. The minimum atomic E-state index is -0.0503. The van der Waals surface area contributed by atoms with Crippen molar-refractivity contribution in [2.75, 3.05) is 0 Å². The summed E-state index contributed by atoms with van der Waals surface area (Å²) in [4.78, 5) is 10.8. The van der Waals surface area contributed by atoms with Crippen molar-refractivity contribution in [1.29, 1.82) is 0 Å². The molecule has 80 valence electrons. The van der Waals surface area contributed by atoms with Gasteiger partial charge in [0.1, 0.15) is 6.10 Å². The summed E-state index contributed by atoms with van der Waals surface area (Å²) in [5, 5.41) is 0. The third-order valence-corrected chi connectivity index (χ3v) is 2.49. The van der Waals surface area contributed by atoms with E-state index in [1.165, 1.54) is 25.7 Å². The maximum Gasteiger partial charge on any atom is 0.306 e. The Morgan fingerprint density at radius 3 is 2.93 bits per heavy atom. The van der Waals surface area contributed by atoms with Crippen molar-refractivity contribution >= 4 is 5.97 Å². The Kier molecular flexibility index (Phi) is 5.35. The molecule has 1 fully saturated rings. The molecular weight excluding hydrogens is 176 g/mol. The monoisotopic (exact) mass is 196 g/mol. The number of allylic oxidation sites excluding steroid dienone is 1. The van der Waals surface area contributed by atoms with E-state index in [1.807, 2.05) is 6.08 Å². The molecule has 0 aromatic carbocycles. The van der Waals surface area contributed by atoms with Crippen molar-refractivity contribution in [3.05, 3.63) is 12.2 Å². The highest BCUT2D eigenvalue weighted by atomic mass is 16.5. The minimum absolute atomic E-state index is 0.0503. The Morgan fingerprint density at radius 1 is 1.43 bits per heavy atom. The van der Waals surface area contributed by atoms with Crippen LogP contribution in [0.2, 0.25) is 0 Å². The summed E-state index contributed by atoms with van der Waals surface area (Å²) in [7, 11) is 0. The van der Waals surface area contributed by atoms with Crippen LogP contribution in [0.4, 0.5) is 0 Å². The number of hydrogen-bond acceptors (Lipinski definition) is 2. The van der Waals surface area contributed by atoms with E-state index >= 15 is 0 Å². The van der Waals surface area contributed by atoms with Gasteiger partial charge in [-0.05, 0) is 25.3 Å². The van der Waals surface area contributed by atoms with E-state index in [1.54, 1.807) is 0 Å². The number of ether oxygens (including phenoxy) is 1. The number of carbonyl (C=O) groups is 1. The molecule has 1 saturated heterocycles. The number of carbonyl (C=O) groups excluding carboxylic acids is 1. The van der Waals surface area contributed by atoms with Crippen LogP contribution in [0.25, 0.3) is 0 Å². The smallest absolute Gasteiger partial charge is 0.306 e. The Hall–Kier alpha value is -0.790. The minimum Gasteiger partial charge on any atom is -0.458 e. The molecule has 0 saturated carbocycles. The third kappa shape index (κ3) is 4.45. The Labute approximate surface area is 86.3 Å². The summed E-state index contributed by atoms with van der Waals surface area (Å²) in [6, 6.07) is 0. The first kappa shape index (κ1) is 11.3. The van der Waals surface area contributed by atoms with Gasteiger partial charge >= 0.3 is 5.97 Å². The van der Waals surface area contributed by atoms with Gasteiger partial charge in [-0.2, -0.15) is 0 Å². The number of rotatable bonds is 6. The molecule has 1 aliphatic rings. The lowest BCUT2D eigenvalue weighted by molar-refractivity contribution is -0.139. The second-order valence-corrected chi connectivity index (χ2v) is 3.84. The van der Waals surface area contributed by atoms with Crippen LogP contribution in [0.1, 0.15) is 51.9 Å². The van der Waals surface area contributed by atoms with Crippen molar-refractivity contribution in [3.8, 4) is 0 Å². The number of esters is 1. The molecule has 14 heavy (non-hydrogen) atoms. The van der Waals surface area contributed by atoms with Crippen LogP contribution in [-0.4, -0.2) is 12.1 Å². The van der Waals surface area contributed by atoms with Crippen LogP contribution in [0.3, 0.4) is 0 Å². The summed E-state index contributed by atoms with van der Waals surface area (Å²) in [6.45, 7) is 2.22. The Morgan fingerprint density at radius 2 is 2.29 bits per heavy atom. The van der Waals surface area contributed by atoms with Crippen LogP contribution in [0.15, 0.2) is 12.2 Å². The SMILES string of the molecule is CCCCCC/C=C/[C@@H]1CCC(=O)O1. The van der Waals surface area contributed by atoms with Crippen LogP contribution in [0, 0.1) is 0 Å². The molecule has 0 unspecified atom stereocenters. The highest BCUT2D eigenvalue weighted by Crippen LogP contribution is 2.15. The maximum absolute atomic E-state index is 10.8. The standard InChI is InChI=1S/C12H20O2/c1-2-3-4-5-6-7-8-11-9-10-12(13)14-11/h7-8,11H,2-6,9-10H2,1H3/b8-7+/t11-/m1/s1. The average Bonchev–Trinajstić information content (AvgIpc) is 2.58. The molecule has 0 radical (unpaired) electrons. The summed E-state index contributed by atoms with van der Waals surface area (Å²) in [6.07, 6.45) is 12.0. The summed E-state index contributed by atoms with van der Waals surface area (Å²) in [5.41, 5.74) is 0. The highest BCUT2D eigenvalue weighted by Gasteiger charge is 2.19. The van der Waals surface area contributed by atoms with Crippen molar-refractivity contribution in [1.82, 2.24) is 0 Å². The summed E-state index contributed by atoms with van der Waals surface area (Å²) >= 11 is 0. The van der Waals surface area contributed by atoms with E-state index in [4.69, 9.17) is 4.74 Å². The fraction of sp³-hybridized carbons (Fsp3) is 0.750. The van der Waals surface area contributed by atoms with E-state index in [-0.39, 0.29) is 12.1 Å². The molecule has 0 bridgehead atoms. The topological polar surface area (TPSA) is 26.3 Å². The van der Waals surface area contributed by atoms with Crippen molar-refractivity contribution in [3.63, 3.8) is 0 Å².